The highest BCUT2D eigenvalue weighted by atomic mass is 127. The quantitative estimate of drug-likeness (QED) is 0.231. The maximum Gasteiger partial charge on any atom is 0.191 e. The maximum atomic E-state index is 13.6. The van der Waals surface area contributed by atoms with E-state index in [9.17, 15) is 8.78 Å². The van der Waals surface area contributed by atoms with Crippen molar-refractivity contribution in [1.29, 1.82) is 0 Å². The minimum Gasteiger partial charge on any atom is -0.489 e. The average molecular weight is 546 g/mol. The minimum atomic E-state index is -0.714. The Hall–Kier alpha value is -1.98. The van der Waals surface area contributed by atoms with E-state index >= 15 is 0 Å². The molecule has 0 radical (unpaired) electrons. The van der Waals surface area contributed by atoms with Gasteiger partial charge in [-0.1, -0.05) is 24.3 Å². The van der Waals surface area contributed by atoms with Crippen LogP contribution in [0.25, 0.3) is 0 Å². The summed E-state index contributed by atoms with van der Waals surface area (Å²) in [6.07, 6.45) is 0. The Morgan fingerprint density at radius 1 is 1.10 bits per heavy atom. The lowest BCUT2D eigenvalue weighted by Gasteiger charge is -2.27. The van der Waals surface area contributed by atoms with Crippen molar-refractivity contribution in [3.63, 3.8) is 0 Å². The van der Waals surface area contributed by atoms with Gasteiger partial charge in [0.25, 0.3) is 0 Å². The van der Waals surface area contributed by atoms with E-state index in [1.807, 2.05) is 6.07 Å². The second-order valence-electron chi connectivity index (χ2n) is 6.93. The molecule has 3 rings (SSSR count). The summed E-state index contributed by atoms with van der Waals surface area (Å²) in [6.45, 7) is 5.61. The molecule has 1 heterocycles. The van der Waals surface area contributed by atoms with Crippen LogP contribution >= 0.6 is 24.0 Å². The van der Waals surface area contributed by atoms with Crippen molar-refractivity contribution in [2.45, 2.75) is 13.1 Å². The second kappa shape index (κ2) is 13.4. The molecule has 1 aliphatic rings. The summed E-state index contributed by atoms with van der Waals surface area (Å²) in [4.78, 5) is 6.60. The zero-order valence-corrected chi connectivity index (χ0v) is 19.9. The van der Waals surface area contributed by atoms with Crippen LogP contribution in [0.5, 0.6) is 5.75 Å². The Bertz CT molecular complexity index is 848. The van der Waals surface area contributed by atoms with Crippen molar-refractivity contribution in [1.82, 2.24) is 15.5 Å². The number of benzene rings is 2. The lowest BCUT2D eigenvalue weighted by Crippen LogP contribution is -2.39. The van der Waals surface area contributed by atoms with E-state index < -0.39 is 11.6 Å². The normalized spacial score (nSPS) is 14.6. The molecule has 1 saturated heterocycles. The third-order valence-electron chi connectivity index (χ3n) is 4.83. The Labute approximate surface area is 199 Å². The molecule has 2 aromatic rings. The first-order valence-corrected chi connectivity index (χ1v) is 10.0. The van der Waals surface area contributed by atoms with Crippen LogP contribution < -0.4 is 15.4 Å². The van der Waals surface area contributed by atoms with E-state index in [4.69, 9.17) is 9.47 Å². The molecule has 0 unspecified atom stereocenters. The molecule has 0 aromatic heterocycles. The highest BCUT2D eigenvalue weighted by molar-refractivity contribution is 14.0. The van der Waals surface area contributed by atoms with Crippen LogP contribution in [0, 0.1) is 11.6 Å². The molecule has 0 amide bonds. The molecular weight excluding hydrogens is 517 g/mol. The van der Waals surface area contributed by atoms with Crippen LogP contribution in [0.15, 0.2) is 47.5 Å². The fourth-order valence-electron chi connectivity index (χ4n) is 3.21. The van der Waals surface area contributed by atoms with Gasteiger partial charge in [0.1, 0.15) is 12.4 Å². The van der Waals surface area contributed by atoms with E-state index in [1.54, 1.807) is 7.05 Å². The van der Waals surface area contributed by atoms with E-state index in [1.165, 1.54) is 23.3 Å². The third kappa shape index (κ3) is 8.23. The molecule has 2 aromatic carbocycles. The fraction of sp³-hybridized carbons (Fsp3) is 0.409. The first-order valence-electron chi connectivity index (χ1n) is 10.0. The number of nitrogens with one attached hydrogen (secondary N) is 2. The van der Waals surface area contributed by atoms with Crippen LogP contribution in [0.4, 0.5) is 8.78 Å². The summed E-state index contributed by atoms with van der Waals surface area (Å²) in [6, 6.07) is 11.6. The lowest BCUT2D eigenvalue weighted by atomic mass is 10.1. The van der Waals surface area contributed by atoms with E-state index in [0.717, 1.165) is 38.9 Å². The predicted octanol–water partition coefficient (Wildman–Crippen LogP) is 3.16. The Morgan fingerprint density at radius 2 is 1.84 bits per heavy atom. The highest BCUT2D eigenvalue weighted by Crippen LogP contribution is 2.17. The molecule has 0 atom stereocenters. The summed E-state index contributed by atoms with van der Waals surface area (Å²) >= 11 is 0. The number of hydrogen-bond donors (Lipinski definition) is 2. The van der Waals surface area contributed by atoms with Gasteiger partial charge in [0.2, 0.25) is 0 Å². The van der Waals surface area contributed by atoms with Crippen molar-refractivity contribution in [3.8, 4) is 5.75 Å². The lowest BCUT2D eigenvalue weighted by molar-refractivity contribution is 0.0341. The average Bonchev–Trinajstić information content (AvgIpc) is 2.76. The van der Waals surface area contributed by atoms with Crippen molar-refractivity contribution >= 4 is 29.9 Å². The largest absolute Gasteiger partial charge is 0.489 e. The first kappa shape index (κ1) is 25.3. The van der Waals surface area contributed by atoms with Crippen LogP contribution in [-0.4, -0.2) is 57.4 Å². The second-order valence-corrected chi connectivity index (χ2v) is 6.93. The summed E-state index contributed by atoms with van der Waals surface area (Å²) in [7, 11) is 1.69. The van der Waals surface area contributed by atoms with Gasteiger partial charge in [0.15, 0.2) is 17.5 Å². The zero-order valence-electron chi connectivity index (χ0n) is 17.6. The van der Waals surface area contributed by atoms with E-state index in [0.29, 0.717) is 19.0 Å². The van der Waals surface area contributed by atoms with Gasteiger partial charge < -0.3 is 20.1 Å². The third-order valence-corrected chi connectivity index (χ3v) is 4.83. The van der Waals surface area contributed by atoms with Gasteiger partial charge in [0.05, 0.1) is 19.8 Å². The number of nitrogens with zero attached hydrogens (tertiary/aromatic N) is 2. The standard InChI is InChI=1S/C22H28F2N4O2.HI/c1-25-22(26-8-11-30-21-7-6-19(23)14-20(21)24)27-15-17-4-2-3-5-18(17)16-28-9-12-29-13-10-28;/h2-7,14H,8-13,15-16H2,1H3,(H2,25,26,27);1H. The molecule has 0 saturated carbocycles. The number of aliphatic imine (C=N–C) groups is 1. The summed E-state index contributed by atoms with van der Waals surface area (Å²) in [5.41, 5.74) is 2.48. The Morgan fingerprint density at radius 3 is 2.55 bits per heavy atom. The van der Waals surface area contributed by atoms with Crippen molar-refractivity contribution in [2.24, 2.45) is 4.99 Å². The van der Waals surface area contributed by atoms with Crippen molar-refractivity contribution in [2.75, 3.05) is 46.5 Å². The molecule has 1 aliphatic heterocycles. The van der Waals surface area contributed by atoms with E-state index in [-0.39, 0.29) is 36.3 Å². The molecule has 1 fully saturated rings. The molecular formula is C22H29F2IN4O2. The monoisotopic (exact) mass is 546 g/mol. The molecule has 2 N–H and O–H groups in total. The molecule has 0 bridgehead atoms. The van der Waals surface area contributed by atoms with Gasteiger partial charge in [-0.05, 0) is 23.3 Å². The SMILES string of the molecule is CN=C(NCCOc1ccc(F)cc1F)NCc1ccccc1CN1CCOCC1.I. The molecule has 170 valence electrons. The Kier molecular flexibility index (Phi) is 11.0. The van der Waals surface area contributed by atoms with Crippen LogP contribution in [0.1, 0.15) is 11.1 Å². The van der Waals surface area contributed by atoms with E-state index in [2.05, 4.69) is 38.7 Å². The highest BCUT2D eigenvalue weighted by Gasteiger charge is 2.13. The number of halogens is 3. The van der Waals surface area contributed by atoms with Gasteiger partial charge in [-0.3, -0.25) is 9.89 Å². The van der Waals surface area contributed by atoms with Gasteiger partial charge in [0, 0.05) is 39.3 Å². The molecule has 0 spiro atoms. The molecule has 6 nitrogen and oxygen atoms in total. The van der Waals surface area contributed by atoms with Crippen molar-refractivity contribution < 1.29 is 18.3 Å². The van der Waals surface area contributed by atoms with Crippen molar-refractivity contribution in [3.05, 3.63) is 65.2 Å². The minimum absolute atomic E-state index is 0. The number of ether oxygens (including phenoxy) is 2. The summed E-state index contributed by atoms with van der Waals surface area (Å²) < 4.78 is 37.3. The smallest absolute Gasteiger partial charge is 0.191 e. The van der Waals surface area contributed by atoms with Gasteiger partial charge in [-0.2, -0.15) is 0 Å². The summed E-state index contributed by atoms with van der Waals surface area (Å²) in [5, 5.41) is 6.43. The number of hydrogen-bond acceptors (Lipinski definition) is 4. The van der Waals surface area contributed by atoms with Gasteiger partial charge in [-0.15, -0.1) is 24.0 Å². The zero-order chi connectivity index (χ0) is 21.2. The molecule has 31 heavy (non-hydrogen) atoms. The van der Waals surface area contributed by atoms with Gasteiger partial charge >= 0.3 is 0 Å². The number of rotatable bonds is 8. The van der Waals surface area contributed by atoms with Crippen LogP contribution in [-0.2, 0) is 17.8 Å². The molecule has 9 heteroatoms. The topological polar surface area (TPSA) is 58.1 Å². The van der Waals surface area contributed by atoms with Crippen LogP contribution in [0.2, 0.25) is 0 Å². The molecule has 0 aliphatic carbocycles. The Balaban J connectivity index is 0.00000341. The first-order chi connectivity index (χ1) is 14.7. The fourth-order valence-corrected chi connectivity index (χ4v) is 3.21. The maximum absolute atomic E-state index is 13.6. The number of guanidine groups is 1. The van der Waals surface area contributed by atoms with Crippen LogP contribution in [0.3, 0.4) is 0 Å². The summed E-state index contributed by atoms with van der Waals surface area (Å²) in [5.74, 6) is -0.691. The number of morpholine rings is 1. The predicted molar refractivity (Wildman–Crippen MR) is 128 cm³/mol. The van der Waals surface area contributed by atoms with Gasteiger partial charge in [-0.25, -0.2) is 8.78 Å².